The van der Waals surface area contributed by atoms with E-state index in [1.165, 1.54) is 39.7 Å². The fraction of sp³-hybridized carbons (Fsp3) is 0.0714. The third-order valence-corrected chi connectivity index (χ3v) is 9.00. The van der Waals surface area contributed by atoms with Gasteiger partial charge < -0.3 is 15.2 Å². The summed E-state index contributed by atoms with van der Waals surface area (Å²) in [6, 6.07) is 6.24. The summed E-state index contributed by atoms with van der Waals surface area (Å²) in [5.74, 6) is -2.48. The van der Waals surface area contributed by atoms with Crippen LogP contribution in [0, 0.1) is 0 Å². The third kappa shape index (κ3) is 5.40. The lowest BCUT2D eigenvalue weighted by Gasteiger charge is -2.14. The fourth-order valence-corrected chi connectivity index (χ4v) is 6.10. The van der Waals surface area contributed by atoms with Crippen molar-refractivity contribution in [3.05, 3.63) is 95.6 Å². The van der Waals surface area contributed by atoms with E-state index < -0.39 is 23.1 Å². The maximum atomic E-state index is 13.9. The van der Waals surface area contributed by atoms with Gasteiger partial charge in [-0.25, -0.2) is 0 Å². The van der Waals surface area contributed by atoms with Crippen molar-refractivity contribution in [2.75, 3.05) is 0 Å². The molecule has 0 aliphatic heterocycles. The van der Waals surface area contributed by atoms with E-state index in [1.54, 1.807) is 26.5 Å². The van der Waals surface area contributed by atoms with E-state index in [4.69, 9.17) is 69.6 Å². The minimum atomic E-state index is -0.813. The van der Waals surface area contributed by atoms with Crippen LogP contribution < -0.4 is 0 Å². The SMILES string of the molecule is Cn1cc(-c2cc(O)c(C(=O)c3[nH]c(Cl)c(Cl)c3-n3c(C(=O)c4cc(Cl)c(-c5cn(C)nn5)cc4O)cc(Cl)c3Cl)cc2Cl)nn1. The molecular formula is C28H16Cl6N8O4. The minimum Gasteiger partial charge on any atom is -0.507 e. The van der Waals surface area contributed by atoms with Crippen LogP contribution in [0.2, 0.25) is 30.4 Å². The van der Waals surface area contributed by atoms with E-state index in [9.17, 15) is 19.8 Å². The first-order valence-electron chi connectivity index (χ1n) is 12.8. The average molecular weight is 741 g/mol. The molecule has 6 aromatic rings. The molecule has 0 unspecified atom stereocenters. The highest BCUT2D eigenvalue weighted by atomic mass is 35.5. The van der Waals surface area contributed by atoms with Crippen molar-refractivity contribution >= 4 is 81.2 Å². The van der Waals surface area contributed by atoms with Gasteiger partial charge in [0.25, 0.3) is 0 Å². The number of carbonyl (C=O) groups is 2. The molecule has 0 fully saturated rings. The van der Waals surface area contributed by atoms with Crippen LogP contribution in [0.5, 0.6) is 11.5 Å². The molecule has 0 atom stereocenters. The first-order chi connectivity index (χ1) is 21.8. The fourth-order valence-electron chi connectivity index (χ4n) is 4.75. The van der Waals surface area contributed by atoms with Crippen molar-refractivity contribution in [3.8, 4) is 39.7 Å². The summed E-state index contributed by atoms with van der Waals surface area (Å²) in [6.45, 7) is 0. The summed E-state index contributed by atoms with van der Waals surface area (Å²) in [5.41, 5.74) is 0.277. The Kier molecular flexibility index (Phi) is 8.30. The van der Waals surface area contributed by atoms with E-state index >= 15 is 0 Å². The highest BCUT2D eigenvalue weighted by Crippen LogP contribution is 2.42. The maximum Gasteiger partial charge on any atom is 0.215 e. The monoisotopic (exact) mass is 738 g/mol. The number of phenols is 2. The number of aromatic hydroxyl groups is 2. The number of hydrogen-bond donors (Lipinski definition) is 3. The molecule has 0 spiro atoms. The number of carbonyl (C=O) groups excluding carboxylic acids is 2. The Balaban J connectivity index is 1.46. The summed E-state index contributed by atoms with van der Waals surface area (Å²) < 4.78 is 3.99. The van der Waals surface area contributed by atoms with Crippen LogP contribution in [0.4, 0.5) is 0 Å². The van der Waals surface area contributed by atoms with Crippen LogP contribution >= 0.6 is 69.6 Å². The minimum absolute atomic E-state index is 0.0853. The van der Waals surface area contributed by atoms with E-state index in [-0.39, 0.29) is 58.6 Å². The lowest BCUT2D eigenvalue weighted by atomic mass is 10.0. The van der Waals surface area contributed by atoms with Gasteiger partial charge in [-0.1, -0.05) is 80.0 Å². The topological polar surface area (TPSA) is 157 Å². The predicted molar refractivity (Wildman–Crippen MR) is 173 cm³/mol. The second-order valence-corrected chi connectivity index (χ2v) is 12.2. The molecule has 0 saturated carbocycles. The zero-order valence-corrected chi connectivity index (χ0v) is 27.7. The van der Waals surface area contributed by atoms with Gasteiger partial charge in [-0.05, 0) is 30.3 Å². The molecule has 0 amide bonds. The highest BCUT2D eigenvalue weighted by Gasteiger charge is 2.32. The van der Waals surface area contributed by atoms with Gasteiger partial charge in [0.05, 0.1) is 50.0 Å². The Hall–Kier alpha value is -4.04. The van der Waals surface area contributed by atoms with E-state index in [0.29, 0.717) is 22.5 Å². The van der Waals surface area contributed by atoms with Gasteiger partial charge in [0, 0.05) is 25.2 Å². The van der Waals surface area contributed by atoms with Crippen molar-refractivity contribution in [1.82, 2.24) is 39.5 Å². The molecule has 46 heavy (non-hydrogen) atoms. The molecule has 0 aliphatic carbocycles. The lowest BCUT2D eigenvalue weighted by Crippen LogP contribution is -2.13. The molecule has 4 aromatic heterocycles. The number of nitrogens with zero attached hydrogens (tertiary/aromatic N) is 7. The average Bonchev–Trinajstić information content (AvgIpc) is 3.78. The first-order valence-corrected chi connectivity index (χ1v) is 15.1. The third-order valence-electron chi connectivity index (χ3n) is 6.87. The number of benzene rings is 2. The first kappa shape index (κ1) is 31.9. The number of aromatic amines is 1. The van der Waals surface area contributed by atoms with E-state index in [0.717, 1.165) is 4.57 Å². The Morgan fingerprint density at radius 2 is 1.22 bits per heavy atom. The van der Waals surface area contributed by atoms with Gasteiger partial charge in [-0.2, -0.15) is 0 Å². The standard InChI is InChI=1S/C28H16Cl6N8O4/c1-40-8-17(36-38-40)10-5-20(43)12(3-14(10)29)25(45)19-7-16(31)28(34)42(19)24-22(32)27(33)35-23(24)26(46)13-4-15(30)11(6-21(13)44)18-9-41(2)39-37-18/h3-9,35,43-44H,1-2H3. The number of phenolic OH excluding ortho intramolecular Hbond substituents is 2. The van der Waals surface area contributed by atoms with Crippen LogP contribution in [-0.2, 0) is 14.1 Å². The molecule has 0 aliphatic rings. The summed E-state index contributed by atoms with van der Waals surface area (Å²) in [7, 11) is 3.32. The van der Waals surface area contributed by atoms with Crippen LogP contribution in [0.3, 0.4) is 0 Å². The van der Waals surface area contributed by atoms with Crippen LogP contribution in [0.1, 0.15) is 32.1 Å². The summed E-state index contributed by atoms with van der Waals surface area (Å²) in [4.78, 5) is 30.6. The molecule has 18 heteroatoms. The van der Waals surface area contributed by atoms with Gasteiger partial charge in [-0.3, -0.25) is 23.5 Å². The number of aryl methyl sites for hydroxylation is 2. The van der Waals surface area contributed by atoms with E-state index in [2.05, 4.69) is 25.6 Å². The van der Waals surface area contributed by atoms with Crippen LogP contribution in [0.15, 0.2) is 42.7 Å². The quantitative estimate of drug-likeness (QED) is 0.145. The zero-order valence-electron chi connectivity index (χ0n) is 23.2. The smallest absolute Gasteiger partial charge is 0.215 e. The van der Waals surface area contributed by atoms with Crippen molar-refractivity contribution in [2.45, 2.75) is 0 Å². The molecule has 0 radical (unpaired) electrons. The Labute approximate surface area is 288 Å². The lowest BCUT2D eigenvalue weighted by molar-refractivity contribution is 0.101. The molecular weight excluding hydrogens is 725 g/mol. The van der Waals surface area contributed by atoms with Gasteiger partial charge in [0.15, 0.2) is 0 Å². The van der Waals surface area contributed by atoms with Crippen LogP contribution in [0.25, 0.3) is 28.2 Å². The second kappa shape index (κ2) is 12.0. The number of rotatable bonds is 7. The van der Waals surface area contributed by atoms with Crippen molar-refractivity contribution in [1.29, 1.82) is 0 Å². The number of H-pyrrole nitrogens is 1. The molecule has 12 nitrogen and oxygen atoms in total. The maximum absolute atomic E-state index is 13.9. The summed E-state index contributed by atoms with van der Waals surface area (Å²) in [5, 5.41) is 37.0. The normalized spacial score (nSPS) is 11.4. The zero-order chi connectivity index (χ0) is 33.2. The molecule has 0 saturated heterocycles. The molecule has 0 bridgehead atoms. The van der Waals surface area contributed by atoms with Gasteiger partial charge >= 0.3 is 0 Å². The van der Waals surface area contributed by atoms with Crippen molar-refractivity contribution in [2.24, 2.45) is 14.1 Å². The summed E-state index contributed by atoms with van der Waals surface area (Å²) in [6.07, 6.45) is 3.16. The number of aromatic nitrogens is 8. The number of ketones is 2. The van der Waals surface area contributed by atoms with E-state index in [1.807, 2.05) is 0 Å². The Morgan fingerprint density at radius 3 is 1.70 bits per heavy atom. The highest BCUT2D eigenvalue weighted by molar-refractivity contribution is 6.45. The molecule has 4 heterocycles. The number of nitrogens with one attached hydrogen (secondary N) is 1. The number of hydrogen-bond acceptors (Lipinski definition) is 8. The molecule has 6 rings (SSSR count). The Bertz CT molecular complexity index is 2080. The summed E-state index contributed by atoms with van der Waals surface area (Å²) >= 11 is 38.8. The number of halogens is 6. The predicted octanol–water partition coefficient (Wildman–Crippen LogP) is 7.19. The van der Waals surface area contributed by atoms with Crippen LogP contribution in [-0.4, -0.2) is 61.3 Å². The van der Waals surface area contributed by atoms with Gasteiger partial charge in [-0.15, -0.1) is 10.2 Å². The Morgan fingerprint density at radius 1 is 0.717 bits per heavy atom. The van der Waals surface area contributed by atoms with Gasteiger partial charge in [0.1, 0.15) is 43.9 Å². The molecule has 3 N–H and O–H groups in total. The molecule has 234 valence electrons. The largest absolute Gasteiger partial charge is 0.507 e. The van der Waals surface area contributed by atoms with Gasteiger partial charge in [0.2, 0.25) is 11.6 Å². The van der Waals surface area contributed by atoms with Crippen molar-refractivity contribution < 1.29 is 19.8 Å². The molecule has 2 aromatic carbocycles. The second-order valence-electron chi connectivity index (χ2n) is 9.89. The van der Waals surface area contributed by atoms with Crippen molar-refractivity contribution in [3.63, 3.8) is 0 Å².